The molecule has 3 amide bonds. The van der Waals surface area contributed by atoms with E-state index in [2.05, 4.69) is 10.6 Å². The Morgan fingerprint density at radius 1 is 0.972 bits per heavy atom. The smallest absolute Gasteiger partial charge is 0.320 e. The van der Waals surface area contributed by atoms with E-state index in [0.717, 1.165) is 15.7 Å². The van der Waals surface area contributed by atoms with Crippen molar-refractivity contribution in [2.75, 3.05) is 6.54 Å². The number of nitrogens with one attached hydrogen (secondary N) is 2. The van der Waals surface area contributed by atoms with Crippen molar-refractivity contribution in [3.05, 3.63) is 71.7 Å². The van der Waals surface area contributed by atoms with Crippen LogP contribution in [0.2, 0.25) is 0 Å². The van der Waals surface area contributed by atoms with Gasteiger partial charge in [0.05, 0.1) is 30.0 Å². The van der Waals surface area contributed by atoms with Crippen LogP contribution in [0.1, 0.15) is 53.2 Å². The van der Waals surface area contributed by atoms with Crippen molar-refractivity contribution in [3.63, 3.8) is 0 Å². The first kappa shape index (κ1) is 25.1. The molecule has 0 bridgehead atoms. The van der Waals surface area contributed by atoms with Crippen LogP contribution in [0.25, 0.3) is 10.8 Å². The highest BCUT2D eigenvalue weighted by molar-refractivity contribution is 6.23. The molecule has 0 fully saturated rings. The maximum atomic E-state index is 13.0. The first-order valence-electron chi connectivity index (χ1n) is 11.9. The SMILES string of the molecule is CC(C)C[C@H](N[C@H](CCN1C(=O)c2cc3ccccc3cc2C1=O)C(=O)O)C(=O)NCc1ccco1. The van der Waals surface area contributed by atoms with Crippen LogP contribution in [-0.2, 0) is 16.1 Å². The molecular formula is C27H29N3O6. The number of carbonyl (C=O) groups excluding carboxylic acids is 3. The molecule has 1 aliphatic rings. The van der Waals surface area contributed by atoms with Gasteiger partial charge >= 0.3 is 5.97 Å². The fourth-order valence-corrected chi connectivity index (χ4v) is 4.39. The highest BCUT2D eigenvalue weighted by atomic mass is 16.4. The van der Waals surface area contributed by atoms with Crippen molar-refractivity contribution in [2.24, 2.45) is 5.92 Å². The van der Waals surface area contributed by atoms with Crippen LogP contribution in [0.5, 0.6) is 0 Å². The summed E-state index contributed by atoms with van der Waals surface area (Å²) in [5.41, 5.74) is 0.627. The van der Waals surface area contributed by atoms with Gasteiger partial charge in [0.2, 0.25) is 5.91 Å². The lowest BCUT2D eigenvalue weighted by Crippen LogP contribution is -2.52. The standard InChI is InChI=1S/C27H29N3O6/c1-16(2)12-23(24(31)28-15-19-8-5-11-36-19)29-22(27(34)35)9-10-30-25(32)20-13-17-6-3-4-7-18(17)14-21(20)26(30)33/h3-8,11,13-14,16,22-23,29H,9-10,12,15H2,1-2H3,(H,28,31)(H,34,35)/t22-,23+/m1/s1. The molecule has 1 aliphatic heterocycles. The number of rotatable bonds is 11. The van der Waals surface area contributed by atoms with Crippen molar-refractivity contribution >= 4 is 34.5 Å². The van der Waals surface area contributed by atoms with Crippen molar-refractivity contribution < 1.29 is 28.7 Å². The van der Waals surface area contributed by atoms with E-state index in [-0.39, 0.29) is 31.3 Å². The zero-order valence-electron chi connectivity index (χ0n) is 20.2. The van der Waals surface area contributed by atoms with E-state index >= 15 is 0 Å². The largest absolute Gasteiger partial charge is 0.480 e. The fraction of sp³-hybridized carbons (Fsp3) is 0.333. The number of carboxylic acid groups (broad SMARTS) is 1. The van der Waals surface area contributed by atoms with Crippen LogP contribution < -0.4 is 10.6 Å². The van der Waals surface area contributed by atoms with E-state index < -0.39 is 29.9 Å². The molecular weight excluding hydrogens is 462 g/mol. The second-order valence-corrected chi connectivity index (χ2v) is 9.33. The van der Waals surface area contributed by atoms with Gasteiger partial charge in [0, 0.05) is 6.54 Å². The summed E-state index contributed by atoms with van der Waals surface area (Å²) in [6.07, 6.45) is 1.88. The average Bonchev–Trinajstić information content (AvgIpc) is 3.45. The van der Waals surface area contributed by atoms with Gasteiger partial charge in [-0.15, -0.1) is 0 Å². The lowest BCUT2D eigenvalue weighted by molar-refractivity contribution is -0.140. The first-order valence-corrected chi connectivity index (χ1v) is 11.9. The van der Waals surface area contributed by atoms with Crippen molar-refractivity contribution in [1.29, 1.82) is 0 Å². The third-order valence-electron chi connectivity index (χ3n) is 6.22. The molecule has 2 aromatic carbocycles. The van der Waals surface area contributed by atoms with E-state index in [0.29, 0.717) is 23.3 Å². The Morgan fingerprint density at radius 3 is 2.14 bits per heavy atom. The number of imide groups is 1. The normalized spacial score (nSPS) is 14.8. The van der Waals surface area contributed by atoms with Crippen LogP contribution in [0.4, 0.5) is 0 Å². The van der Waals surface area contributed by atoms with E-state index in [4.69, 9.17) is 4.42 Å². The Kier molecular flexibility index (Phi) is 7.49. The predicted octanol–water partition coefficient (Wildman–Crippen LogP) is 3.19. The molecule has 2 heterocycles. The summed E-state index contributed by atoms with van der Waals surface area (Å²) in [5, 5.41) is 17.2. The average molecular weight is 492 g/mol. The van der Waals surface area contributed by atoms with Gasteiger partial charge in [0.1, 0.15) is 11.8 Å². The molecule has 0 radical (unpaired) electrons. The van der Waals surface area contributed by atoms with Crippen LogP contribution in [0, 0.1) is 5.92 Å². The zero-order valence-corrected chi connectivity index (χ0v) is 20.2. The molecule has 0 spiro atoms. The van der Waals surface area contributed by atoms with Crippen LogP contribution in [-0.4, -0.2) is 52.3 Å². The quantitative estimate of drug-likeness (QED) is 0.351. The minimum Gasteiger partial charge on any atom is -0.480 e. The molecule has 1 aromatic heterocycles. The third kappa shape index (κ3) is 5.46. The predicted molar refractivity (Wildman–Crippen MR) is 132 cm³/mol. The molecule has 9 heteroatoms. The number of fused-ring (bicyclic) bond motifs is 2. The highest BCUT2D eigenvalue weighted by Crippen LogP contribution is 2.28. The van der Waals surface area contributed by atoms with Crippen molar-refractivity contribution in [2.45, 2.75) is 45.3 Å². The Hall–Kier alpha value is -3.98. The molecule has 3 N–H and O–H groups in total. The Balaban J connectivity index is 1.44. The molecule has 4 rings (SSSR count). The summed E-state index contributed by atoms with van der Waals surface area (Å²) in [4.78, 5) is 51.9. The molecule has 2 atom stereocenters. The number of benzene rings is 2. The van der Waals surface area contributed by atoms with Gasteiger partial charge < -0.3 is 14.8 Å². The number of carboxylic acids is 1. The van der Waals surface area contributed by atoms with E-state index in [9.17, 15) is 24.3 Å². The Labute approximate surface area is 208 Å². The monoisotopic (exact) mass is 491 g/mol. The molecule has 0 unspecified atom stereocenters. The van der Waals surface area contributed by atoms with Gasteiger partial charge in [0.25, 0.3) is 11.8 Å². The Morgan fingerprint density at radius 2 is 1.61 bits per heavy atom. The third-order valence-corrected chi connectivity index (χ3v) is 6.22. The summed E-state index contributed by atoms with van der Waals surface area (Å²) in [6, 6.07) is 12.4. The second kappa shape index (κ2) is 10.7. The first-order chi connectivity index (χ1) is 17.2. The number of hydrogen-bond acceptors (Lipinski definition) is 6. The number of nitrogens with zero attached hydrogens (tertiary/aromatic N) is 1. The number of aliphatic carboxylic acids is 1. The molecule has 36 heavy (non-hydrogen) atoms. The zero-order chi connectivity index (χ0) is 25.8. The van der Waals surface area contributed by atoms with Gasteiger partial charge in [-0.2, -0.15) is 0 Å². The summed E-state index contributed by atoms with van der Waals surface area (Å²) in [6.45, 7) is 3.97. The molecule has 3 aromatic rings. The molecule has 0 saturated carbocycles. The lowest BCUT2D eigenvalue weighted by Gasteiger charge is -2.25. The number of amides is 3. The van der Waals surface area contributed by atoms with E-state index in [1.54, 1.807) is 24.3 Å². The van der Waals surface area contributed by atoms with Crippen molar-refractivity contribution in [1.82, 2.24) is 15.5 Å². The molecule has 9 nitrogen and oxygen atoms in total. The summed E-state index contributed by atoms with van der Waals surface area (Å²) in [5.74, 6) is -1.69. The highest BCUT2D eigenvalue weighted by Gasteiger charge is 2.37. The molecule has 0 aliphatic carbocycles. The lowest BCUT2D eigenvalue weighted by atomic mass is 10.0. The van der Waals surface area contributed by atoms with Gasteiger partial charge in [-0.05, 0) is 53.8 Å². The maximum Gasteiger partial charge on any atom is 0.320 e. The van der Waals surface area contributed by atoms with Gasteiger partial charge in [-0.25, -0.2) is 0 Å². The van der Waals surface area contributed by atoms with Gasteiger partial charge in [-0.3, -0.25) is 29.4 Å². The fourth-order valence-electron chi connectivity index (χ4n) is 4.39. The molecule has 0 saturated heterocycles. The van der Waals surface area contributed by atoms with Crippen LogP contribution in [0.15, 0.2) is 59.2 Å². The number of carbonyl (C=O) groups is 4. The van der Waals surface area contributed by atoms with E-state index in [1.165, 1.54) is 6.26 Å². The number of furan rings is 1. The Bertz CT molecular complexity index is 1230. The van der Waals surface area contributed by atoms with Crippen LogP contribution >= 0.6 is 0 Å². The maximum absolute atomic E-state index is 13.0. The van der Waals surface area contributed by atoms with Gasteiger partial charge in [0.15, 0.2) is 0 Å². The number of hydrogen-bond donors (Lipinski definition) is 3. The van der Waals surface area contributed by atoms with Gasteiger partial charge in [-0.1, -0.05) is 38.1 Å². The van der Waals surface area contributed by atoms with E-state index in [1.807, 2.05) is 38.1 Å². The van der Waals surface area contributed by atoms with Crippen LogP contribution in [0.3, 0.4) is 0 Å². The topological polar surface area (TPSA) is 129 Å². The molecule has 188 valence electrons. The minimum atomic E-state index is -1.16. The second-order valence-electron chi connectivity index (χ2n) is 9.33. The minimum absolute atomic E-state index is 0.0413. The summed E-state index contributed by atoms with van der Waals surface area (Å²) in [7, 11) is 0. The summed E-state index contributed by atoms with van der Waals surface area (Å²) >= 11 is 0. The summed E-state index contributed by atoms with van der Waals surface area (Å²) < 4.78 is 5.23. The van der Waals surface area contributed by atoms with Crippen molar-refractivity contribution in [3.8, 4) is 0 Å².